The standard InChI is InChI=1S/C17H21N3O5S/c1-2-11-26(22,23)20-10-6-9-14(20)17(21)24-12-15-18-19-16(25-15)13-7-4-3-5-8-13/h3-5,7-8,14H,2,6,9-12H2,1H3. The van der Waals surface area contributed by atoms with Crippen molar-refractivity contribution in [3.63, 3.8) is 0 Å². The van der Waals surface area contributed by atoms with Crippen LogP contribution in [0.4, 0.5) is 0 Å². The molecule has 8 nitrogen and oxygen atoms in total. The molecule has 1 aromatic heterocycles. The second-order valence-electron chi connectivity index (χ2n) is 6.06. The van der Waals surface area contributed by atoms with E-state index in [1.54, 1.807) is 6.92 Å². The number of rotatable bonds is 7. The van der Waals surface area contributed by atoms with Gasteiger partial charge in [0.15, 0.2) is 6.61 Å². The van der Waals surface area contributed by atoms with Gasteiger partial charge in [-0.1, -0.05) is 25.1 Å². The van der Waals surface area contributed by atoms with E-state index in [0.29, 0.717) is 31.7 Å². The predicted octanol–water partition coefficient (Wildman–Crippen LogP) is 1.98. The molecular weight excluding hydrogens is 358 g/mol. The molecule has 1 aliphatic heterocycles. The van der Waals surface area contributed by atoms with Gasteiger partial charge in [-0.2, -0.15) is 4.31 Å². The maximum absolute atomic E-state index is 12.3. The van der Waals surface area contributed by atoms with Gasteiger partial charge >= 0.3 is 5.97 Å². The lowest BCUT2D eigenvalue weighted by molar-refractivity contribution is -0.149. The Morgan fingerprint density at radius 1 is 1.31 bits per heavy atom. The molecule has 2 aromatic rings. The third-order valence-corrected chi connectivity index (χ3v) is 6.20. The molecule has 1 fully saturated rings. The summed E-state index contributed by atoms with van der Waals surface area (Å²) in [5, 5.41) is 7.79. The second kappa shape index (κ2) is 7.96. The third kappa shape index (κ3) is 4.10. The largest absolute Gasteiger partial charge is 0.454 e. The summed E-state index contributed by atoms with van der Waals surface area (Å²) in [6.07, 6.45) is 1.60. The van der Waals surface area contributed by atoms with Crippen LogP contribution in [0.15, 0.2) is 34.7 Å². The smallest absolute Gasteiger partial charge is 0.324 e. The van der Waals surface area contributed by atoms with Crippen molar-refractivity contribution in [3.05, 3.63) is 36.2 Å². The Balaban J connectivity index is 1.61. The summed E-state index contributed by atoms with van der Waals surface area (Å²) in [5.74, 6) is -0.0505. The third-order valence-electron chi connectivity index (χ3n) is 4.12. The molecule has 0 spiro atoms. The minimum absolute atomic E-state index is 0.0286. The van der Waals surface area contributed by atoms with Gasteiger partial charge < -0.3 is 9.15 Å². The molecule has 0 aliphatic carbocycles. The highest BCUT2D eigenvalue weighted by atomic mass is 32.2. The number of carbonyl (C=O) groups is 1. The van der Waals surface area contributed by atoms with Crippen LogP contribution in [0.1, 0.15) is 32.1 Å². The Kier molecular flexibility index (Phi) is 5.67. The Bertz CT molecular complexity index is 850. The first-order chi connectivity index (χ1) is 12.5. The molecule has 0 radical (unpaired) electrons. The van der Waals surface area contributed by atoms with Crippen molar-refractivity contribution in [3.8, 4) is 11.5 Å². The van der Waals surface area contributed by atoms with Crippen molar-refractivity contribution in [2.24, 2.45) is 0 Å². The number of ether oxygens (including phenoxy) is 1. The first-order valence-electron chi connectivity index (χ1n) is 8.55. The Hall–Kier alpha value is -2.26. The highest BCUT2D eigenvalue weighted by Crippen LogP contribution is 2.23. The first kappa shape index (κ1) is 18.5. The highest BCUT2D eigenvalue weighted by Gasteiger charge is 2.39. The molecule has 2 heterocycles. The summed E-state index contributed by atoms with van der Waals surface area (Å²) >= 11 is 0. The van der Waals surface area contributed by atoms with Crippen molar-refractivity contribution in [2.75, 3.05) is 12.3 Å². The average Bonchev–Trinajstić information content (AvgIpc) is 3.30. The van der Waals surface area contributed by atoms with Crippen LogP contribution in [0.5, 0.6) is 0 Å². The highest BCUT2D eigenvalue weighted by molar-refractivity contribution is 7.89. The molecule has 1 saturated heterocycles. The zero-order valence-electron chi connectivity index (χ0n) is 14.5. The Morgan fingerprint density at radius 2 is 2.08 bits per heavy atom. The number of sulfonamides is 1. The molecule has 1 aliphatic rings. The summed E-state index contributed by atoms with van der Waals surface area (Å²) in [6, 6.07) is 8.47. The maximum Gasteiger partial charge on any atom is 0.324 e. The van der Waals surface area contributed by atoms with Crippen LogP contribution in [0, 0.1) is 0 Å². The lowest BCUT2D eigenvalue weighted by Gasteiger charge is -2.22. The number of hydrogen-bond donors (Lipinski definition) is 0. The number of aromatic nitrogens is 2. The van der Waals surface area contributed by atoms with E-state index in [4.69, 9.17) is 9.15 Å². The van der Waals surface area contributed by atoms with E-state index in [-0.39, 0.29) is 18.3 Å². The van der Waals surface area contributed by atoms with Gasteiger partial charge in [0.05, 0.1) is 5.75 Å². The molecule has 0 saturated carbocycles. The van der Waals surface area contributed by atoms with Crippen LogP contribution in [0.3, 0.4) is 0 Å². The van der Waals surface area contributed by atoms with Crippen molar-refractivity contribution in [1.29, 1.82) is 0 Å². The summed E-state index contributed by atoms with van der Waals surface area (Å²) in [7, 11) is -3.44. The summed E-state index contributed by atoms with van der Waals surface area (Å²) < 4.78 is 36.5. The molecule has 26 heavy (non-hydrogen) atoms. The van der Waals surface area contributed by atoms with Gasteiger partial charge in [0.25, 0.3) is 5.89 Å². The van der Waals surface area contributed by atoms with Crippen molar-refractivity contribution >= 4 is 16.0 Å². The number of nitrogens with zero attached hydrogens (tertiary/aromatic N) is 3. The topological polar surface area (TPSA) is 103 Å². The fourth-order valence-electron chi connectivity index (χ4n) is 2.92. The number of hydrogen-bond acceptors (Lipinski definition) is 7. The fourth-order valence-corrected chi connectivity index (χ4v) is 4.66. The lowest BCUT2D eigenvalue weighted by Crippen LogP contribution is -2.42. The van der Waals surface area contributed by atoms with E-state index in [2.05, 4.69) is 10.2 Å². The normalized spacial score (nSPS) is 18.1. The minimum atomic E-state index is -3.44. The van der Waals surface area contributed by atoms with Crippen LogP contribution in [-0.4, -0.2) is 47.2 Å². The van der Waals surface area contributed by atoms with Gasteiger partial charge in [0.1, 0.15) is 6.04 Å². The lowest BCUT2D eigenvalue weighted by atomic mass is 10.2. The second-order valence-corrected chi connectivity index (χ2v) is 8.10. The Morgan fingerprint density at radius 3 is 2.81 bits per heavy atom. The van der Waals surface area contributed by atoms with E-state index in [1.807, 2.05) is 30.3 Å². The number of carbonyl (C=O) groups excluding carboxylic acids is 1. The summed E-state index contributed by atoms with van der Waals surface area (Å²) in [5.41, 5.74) is 0.769. The van der Waals surface area contributed by atoms with Crippen LogP contribution in [0.25, 0.3) is 11.5 Å². The predicted molar refractivity (Wildman–Crippen MR) is 93.3 cm³/mol. The molecule has 0 amide bonds. The van der Waals surface area contributed by atoms with Crippen molar-refractivity contribution in [1.82, 2.24) is 14.5 Å². The van der Waals surface area contributed by atoms with E-state index in [1.165, 1.54) is 4.31 Å². The molecule has 3 rings (SSSR count). The van der Waals surface area contributed by atoms with Gasteiger partial charge in [-0.25, -0.2) is 8.42 Å². The number of benzene rings is 1. The minimum Gasteiger partial charge on any atom is -0.454 e. The van der Waals surface area contributed by atoms with Crippen LogP contribution in [0.2, 0.25) is 0 Å². The van der Waals surface area contributed by atoms with E-state index >= 15 is 0 Å². The molecule has 1 atom stereocenters. The molecule has 140 valence electrons. The fraction of sp³-hybridized carbons (Fsp3) is 0.471. The van der Waals surface area contributed by atoms with Gasteiger partial charge in [-0.15, -0.1) is 10.2 Å². The zero-order valence-corrected chi connectivity index (χ0v) is 15.3. The van der Waals surface area contributed by atoms with Gasteiger partial charge in [0, 0.05) is 12.1 Å². The molecule has 0 bridgehead atoms. The van der Waals surface area contributed by atoms with E-state index in [0.717, 1.165) is 5.56 Å². The average molecular weight is 379 g/mol. The molecule has 1 unspecified atom stereocenters. The number of esters is 1. The summed E-state index contributed by atoms with van der Waals surface area (Å²) in [6.45, 7) is 1.96. The first-order valence-corrected chi connectivity index (χ1v) is 10.2. The molecular formula is C17H21N3O5S. The van der Waals surface area contributed by atoms with E-state index < -0.39 is 22.0 Å². The van der Waals surface area contributed by atoms with Crippen LogP contribution in [-0.2, 0) is 26.2 Å². The van der Waals surface area contributed by atoms with Crippen LogP contribution < -0.4 is 0 Å². The molecule has 1 aromatic carbocycles. The SMILES string of the molecule is CCCS(=O)(=O)N1CCCC1C(=O)OCc1nnc(-c2ccccc2)o1. The van der Waals surface area contributed by atoms with E-state index in [9.17, 15) is 13.2 Å². The van der Waals surface area contributed by atoms with Crippen LogP contribution >= 0.6 is 0 Å². The monoisotopic (exact) mass is 379 g/mol. The Labute approximate surface area is 152 Å². The van der Waals surface area contributed by atoms with Gasteiger partial charge in [-0.05, 0) is 31.4 Å². The zero-order chi connectivity index (χ0) is 18.6. The van der Waals surface area contributed by atoms with Gasteiger partial charge in [-0.3, -0.25) is 4.79 Å². The maximum atomic E-state index is 12.3. The summed E-state index contributed by atoms with van der Waals surface area (Å²) in [4.78, 5) is 12.3. The van der Waals surface area contributed by atoms with Crippen molar-refractivity contribution < 1.29 is 22.4 Å². The van der Waals surface area contributed by atoms with Gasteiger partial charge in [0.2, 0.25) is 15.9 Å². The quantitative estimate of drug-likeness (QED) is 0.678. The molecule has 9 heteroatoms. The van der Waals surface area contributed by atoms with Crippen molar-refractivity contribution in [2.45, 2.75) is 38.8 Å². The molecule has 0 N–H and O–H groups in total.